The third-order valence-corrected chi connectivity index (χ3v) is 3.91. The first-order valence-corrected chi connectivity index (χ1v) is 7.43. The van der Waals surface area contributed by atoms with E-state index in [-0.39, 0.29) is 6.61 Å². The number of benzene rings is 1. The quantitative estimate of drug-likeness (QED) is 0.792. The Morgan fingerprint density at radius 2 is 2.13 bits per heavy atom. The first-order chi connectivity index (χ1) is 11.2. The summed E-state index contributed by atoms with van der Waals surface area (Å²) in [5, 5.41) is 17.4. The lowest BCUT2D eigenvalue weighted by atomic mass is 10.1. The Morgan fingerprint density at radius 3 is 3.00 bits per heavy atom. The van der Waals surface area contributed by atoms with Gasteiger partial charge in [-0.1, -0.05) is 11.2 Å². The maximum Gasteiger partial charge on any atom is 0.258 e. The predicted octanol–water partition coefficient (Wildman–Crippen LogP) is 1.93. The van der Waals surface area contributed by atoms with Crippen LogP contribution in [0.4, 0.5) is 0 Å². The van der Waals surface area contributed by atoms with Gasteiger partial charge < -0.3 is 14.4 Å². The van der Waals surface area contributed by atoms with Crippen molar-refractivity contribution in [3.63, 3.8) is 0 Å². The molecule has 0 atom stereocenters. The average molecular weight is 312 g/mol. The number of aliphatic hydroxyl groups is 1. The molecule has 0 unspecified atom stereocenters. The van der Waals surface area contributed by atoms with E-state index >= 15 is 0 Å². The molecule has 0 aliphatic carbocycles. The minimum absolute atomic E-state index is 0.0370. The molecular weight excluding hydrogens is 296 g/mol. The molecular formula is C16H16N4O3. The Hall–Kier alpha value is -2.51. The third kappa shape index (κ3) is 2.54. The van der Waals surface area contributed by atoms with Crippen molar-refractivity contribution in [2.75, 3.05) is 6.61 Å². The van der Waals surface area contributed by atoms with E-state index in [1.165, 1.54) is 5.56 Å². The molecule has 1 aromatic carbocycles. The van der Waals surface area contributed by atoms with Crippen molar-refractivity contribution in [3.8, 4) is 22.8 Å². The molecule has 7 heteroatoms. The van der Waals surface area contributed by atoms with Gasteiger partial charge in [-0.25, -0.2) is 0 Å². The zero-order chi connectivity index (χ0) is 15.8. The molecule has 3 heterocycles. The van der Waals surface area contributed by atoms with Crippen molar-refractivity contribution >= 4 is 0 Å². The third-order valence-electron chi connectivity index (χ3n) is 3.91. The van der Waals surface area contributed by atoms with Gasteiger partial charge in [0.2, 0.25) is 5.82 Å². The summed E-state index contributed by atoms with van der Waals surface area (Å²) < 4.78 is 12.5. The molecule has 0 bridgehead atoms. The second-order valence-corrected chi connectivity index (χ2v) is 5.51. The molecule has 0 saturated carbocycles. The zero-order valence-electron chi connectivity index (χ0n) is 12.7. The lowest BCUT2D eigenvalue weighted by Crippen LogP contribution is -2.02. The molecule has 7 nitrogen and oxygen atoms in total. The Bertz CT molecular complexity index is 853. The molecule has 0 fully saturated rings. The summed E-state index contributed by atoms with van der Waals surface area (Å²) in [5.74, 6) is 0.974. The van der Waals surface area contributed by atoms with Crippen molar-refractivity contribution in [2.45, 2.75) is 26.7 Å². The topological polar surface area (TPSA) is 86.2 Å². The van der Waals surface area contributed by atoms with Crippen LogP contribution >= 0.6 is 0 Å². The number of hydrogen-bond donors (Lipinski definition) is 1. The number of aryl methyl sites for hydroxylation is 1. The maximum absolute atomic E-state index is 9.00. The molecule has 1 N–H and O–H groups in total. The molecule has 0 amide bonds. The summed E-state index contributed by atoms with van der Waals surface area (Å²) in [6.07, 6.45) is 1.82. The number of hydrogen-bond acceptors (Lipinski definition) is 6. The standard InChI is InChI=1S/C16H16N4O3/c1-10-14(7-20(18-10)4-5-21)15-17-16(23-19-15)11-2-3-12-8-22-9-13(12)6-11/h2-3,6-7,21H,4-5,8-9H2,1H3. The number of nitrogens with zero attached hydrogens (tertiary/aromatic N) is 4. The van der Waals surface area contributed by atoms with Crippen LogP contribution in [0, 0.1) is 6.92 Å². The Morgan fingerprint density at radius 1 is 1.26 bits per heavy atom. The van der Waals surface area contributed by atoms with Gasteiger partial charge in [-0.3, -0.25) is 4.68 Å². The van der Waals surface area contributed by atoms with Crippen LogP contribution in [-0.4, -0.2) is 31.6 Å². The molecule has 4 rings (SSSR count). The van der Waals surface area contributed by atoms with Crippen LogP contribution in [0.5, 0.6) is 0 Å². The van der Waals surface area contributed by atoms with E-state index in [4.69, 9.17) is 14.4 Å². The van der Waals surface area contributed by atoms with Crippen molar-refractivity contribution in [3.05, 3.63) is 41.2 Å². The van der Waals surface area contributed by atoms with Crippen LogP contribution in [0.3, 0.4) is 0 Å². The van der Waals surface area contributed by atoms with Crippen molar-refractivity contribution in [1.29, 1.82) is 0 Å². The predicted molar refractivity (Wildman–Crippen MR) is 81.3 cm³/mol. The highest BCUT2D eigenvalue weighted by Gasteiger charge is 2.17. The lowest BCUT2D eigenvalue weighted by Gasteiger charge is -1.98. The molecule has 2 aromatic heterocycles. The number of aliphatic hydroxyl groups excluding tert-OH is 1. The normalized spacial score (nSPS) is 13.5. The second kappa shape index (κ2) is 5.60. The fraction of sp³-hybridized carbons (Fsp3) is 0.312. The van der Waals surface area contributed by atoms with Crippen LogP contribution in [-0.2, 0) is 24.5 Å². The average Bonchev–Trinajstić information content (AvgIpc) is 3.25. The van der Waals surface area contributed by atoms with Gasteiger partial charge >= 0.3 is 0 Å². The summed E-state index contributed by atoms with van der Waals surface area (Å²) in [5.41, 5.74) is 4.85. The minimum atomic E-state index is 0.0370. The summed E-state index contributed by atoms with van der Waals surface area (Å²) in [4.78, 5) is 4.48. The highest BCUT2D eigenvalue weighted by molar-refractivity contribution is 5.62. The van der Waals surface area contributed by atoms with Gasteiger partial charge in [0.15, 0.2) is 0 Å². The van der Waals surface area contributed by atoms with Gasteiger partial charge in [0.05, 0.1) is 37.6 Å². The highest BCUT2D eigenvalue weighted by Crippen LogP contribution is 2.28. The minimum Gasteiger partial charge on any atom is -0.394 e. The molecule has 0 radical (unpaired) electrons. The van der Waals surface area contributed by atoms with Crippen molar-refractivity contribution in [1.82, 2.24) is 19.9 Å². The molecule has 118 valence electrons. The van der Waals surface area contributed by atoms with Gasteiger partial charge in [0, 0.05) is 11.8 Å². The molecule has 0 saturated heterocycles. The maximum atomic E-state index is 9.00. The van der Waals surface area contributed by atoms with Crippen LogP contribution < -0.4 is 0 Å². The first kappa shape index (κ1) is 14.1. The largest absolute Gasteiger partial charge is 0.394 e. The summed E-state index contributed by atoms with van der Waals surface area (Å²) >= 11 is 0. The fourth-order valence-corrected chi connectivity index (χ4v) is 2.71. The summed E-state index contributed by atoms with van der Waals surface area (Å²) in [7, 11) is 0. The van der Waals surface area contributed by atoms with Gasteiger partial charge in [-0.2, -0.15) is 10.1 Å². The van der Waals surface area contributed by atoms with Crippen LogP contribution in [0.2, 0.25) is 0 Å². The van der Waals surface area contributed by atoms with Crippen LogP contribution in [0.1, 0.15) is 16.8 Å². The molecule has 0 spiro atoms. The van der Waals surface area contributed by atoms with E-state index in [0.29, 0.717) is 31.5 Å². The van der Waals surface area contributed by atoms with Gasteiger partial charge in [0.25, 0.3) is 5.89 Å². The number of aromatic nitrogens is 4. The van der Waals surface area contributed by atoms with Crippen molar-refractivity contribution < 1.29 is 14.4 Å². The van der Waals surface area contributed by atoms with E-state index in [2.05, 4.69) is 15.2 Å². The zero-order valence-corrected chi connectivity index (χ0v) is 12.7. The van der Waals surface area contributed by atoms with Gasteiger partial charge in [0.1, 0.15) is 0 Å². The molecule has 1 aliphatic rings. The number of ether oxygens (including phenoxy) is 1. The van der Waals surface area contributed by atoms with Crippen molar-refractivity contribution in [2.24, 2.45) is 0 Å². The van der Waals surface area contributed by atoms with Crippen LogP contribution in [0.15, 0.2) is 28.9 Å². The second-order valence-electron chi connectivity index (χ2n) is 5.51. The smallest absolute Gasteiger partial charge is 0.258 e. The Balaban J connectivity index is 1.66. The Labute approximate surface area is 132 Å². The molecule has 1 aliphatic heterocycles. The lowest BCUT2D eigenvalue weighted by molar-refractivity contribution is 0.134. The summed E-state index contributed by atoms with van der Waals surface area (Å²) in [6, 6.07) is 6.03. The van der Waals surface area contributed by atoms with E-state index in [1.807, 2.05) is 31.3 Å². The van der Waals surface area contributed by atoms with E-state index in [0.717, 1.165) is 22.4 Å². The molecule has 3 aromatic rings. The van der Waals surface area contributed by atoms with Crippen LogP contribution in [0.25, 0.3) is 22.8 Å². The number of rotatable bonds is 4. The number of fused-ring (bicyclic) bond motifs is 1. The summed E-state index contributed by atoms with van der Waals surface area (Å²) in [6.45, 7) is 3.64. The van der Waals surface area contributed by atoms with E-state index in [9.17, 15) is 0 Å². The first-order valence-electron chi connectivity index (χ1n) is 7.43. The monoisotopic (exact) mass is 312 g/mol. The van der Waals surface area contributed by atoms with E-state index < -0.39 is 0 Å². The van der Waals surface area contributed by atoms with E-state index in [1.54, 1.807) is 4.68 Å². The van der Waals surface area contributed by atoms with Gasteiger partial charge in [-0.05, 0) is 30.2 Å². The molecule has 23 heavy (non-hydrogen) atoms. The Kier molecular flexibility index (Phi) is 3.44. The fourth-order valence-electron chi connectivity index (χ4n) is 2.71. The SMILES string of the molecule is Cc1nn(CCO)cc1-c1noc(-c2ccc3c(c2)COC3)n1. The highest BCUT2D eigenvalue weighted by atomic mass is 16.5. The van der Waals surface area contributed by atoms with Gasteiger partial charge in [-0.15, -0.1) is 0 Å².